The van der Waals surface area contributed by atoms with E-state index in [0.717, 1.165) is 23.5 Å². The van der Waals surface area contributed by atoms with Crippen molar-refractivity contribution in [2.45, 2.75) is 26.2 Å². The predicted molar refractivity (Wildman–Crippen MR) is 234 cm³/mol. The number of hydrogen-bond acceptors (Lipinski definition) is 2. The van der Waals surface area contributed by atoms with Crippen LogP contribution >= 0.6 is 11.3 Å². The van der Waals surface area contributed by atoms with Crippen molar-refractivity contribution in [3.8, 4) is 11.1 Å². The fourth-order valence-electron chi connectivity index (χ4n) is 8.71. The summed E-state index contributed by atoms with van der Waals surface area (Å²) >= 11 is 1.87. The molecular formula is C53H39NS. The van der Waals surface area contributed by atoms with Crippen LogP contribution in [0.15, 0.2) is 205 Å². The summed E-state index contributed by atoms with van der Waals surface area (Å²) in [6, 6.07) is 62.3. The van der Waals surface area contributed by atoms with E-state index in [9.17, 15) is 0 Å². The molecule has 0 N–H and O–H groups in total. The van der Waals surface area contributed by atoms with Crippen LogP contribution in [0.25, 0.3) is 36.9 Å². The Morgan fingerprint density at radius 3 is 2.11 bits per heavy atom. The Labute approximate surface area is 327 Å². The van der Waals surface area contributed by atoms with Gasteiger partial charge < -0.3 is 4.90 Å². The second-order valence-electron chi connectivity index (χ2n) is 14.7. The fraction of sp³-hybridized carbons (Fsp3) is 0.0755. The number of rotatable bonds is 7. The third-order valence-electron chi connectivity index (χ3n) is 11.2. The Hall–Kier alpha value is -6.44. The molecule has 8 aromatic rings. The number of allylic oxidation sites excluding steroid dienone is 4. The Balaban J connectivity index is 1.11. The van der Waals surface area contributed by atoms with Crippen LogP contribution in [0.2, 0.25) is 0 Å². The lowest BCUT2D eigenvalue weighted by molar-refractivity contribution is 0.971. The van der Waals surface area contributed by atoms with Gasteiger partial charge in [0.1, 0.15) is 0 Å². The summed E-state index contributed by atoms with van der Waals surface area (Å²) in [6.45, 7) is 4.41. The topological polar surface area (TPSA) is 3.24 Å². The first kappa shape index (κ1) is 33.2. The summed E-state index contributed by atoms with van der Waals surface area (Å²) in [4.78, 5) is 2.40. The van der Waals surface area contributed by atoms with E-state index in [0.29, 0.717) is 0 Å². The van der Waals surface area contributed by atoms with Gasteiger partial charge in [0.05, 0.1) is 5.70 Å². The monoisotopic (exact) mass is 721 g/mol. The quantitative estimate of drug-likeness (QED) is 0.117. The Bertz CT molecular complexity index is 2880. The molecule has 0 bridgehead atoms. The third kappa shape index (κ3) is 5.97. The molecule has 1 unspecified atom stereocenters. The van der Waals surface area contributed by atoms with Gasteiger partial charge in [-0.2, -0.15) is 0 Å². The molecule has 55 heavy (non-hydrogen) atoms. The number of nitrogens with zero attached hydrogens (tertiary/aromatic N) is 1. The molecular weight excluding hydrogens is 683 g/mol. The van der Waals surface area contributed by atoms with E-state index in [4.69, 9.17) is 0 Å². The highest BCUT2D eigenvalue weighted by atomic mass is 32.1. The first-order valence-electron chi connectivity index (χ1n) is 19.1. The number of hydrogen-bond donors (Lipinski definition) is 0. The fourth-order valence-corrected chi connectivity index (χ4v) is 9.82. The molecule has 2 heteroatoms. The van der Waals surface area contributed by atoms with Crippen LogP contribution in [-0.2, 0) is 6.42 Å². The van der Waals surface area contributed by atoms with Crippen LogP contribution < -0.4 is 4.90 Å². The molecule has 0 radical (unpaired) electrons. The molecule has 262 valence electrons. The standard InChI is InChI=1S/C53H39NS/c1-35-14-12-19-40(30-35)52(38-17-8-4-9-18-38)41-26-25-39-31-42-32-44(27-24-36(2)51(42)47(39)33-41)54(43-20-10-5-11-21-43)45-28-29-49-48(34-45)53-46(22-13-23-50(53)55-49)37-15-6-3-7-16-37/h3-23,25-30,32-34,52H,31H2,1-2H3. The number of anilines is 2. The minimum Gasteiger partial charge on any atom is -0.310 e. The smallest absolute Gasteiger partial charge is 0.0541 e. The van der Waals surface area contributed by atoms with Crippen LogP contribution in [0.5, 0.6) is 0 Å². The van der Waals surface area contributed by atoms with E-state index < -0.39 is 0 Å². The number of para-hydroxylation sites is 1. The SMILES string of the molecule is CC1=C=CC(N(c2ccccc2)c2ccc3sc4cccc(-c5ccccc5)c4c3c2)=CC2=C1c1cc(C(c3ccccc3)c3cccc(C)c3)ccc1C2. The van der Waals surface area contributed by atoms with Gasteiger partial charge in [-0.1, -0.05) is 133 Å². The molecule has 0 spiro atoms. The van der Waals surface area contributed by atoms with Gasteiger partial charge in [0, 0.05) is 43.5 Å². The minimum absolute atomic E-state index is 0.145. The van der Waals surface area contributed by atoms with Crippen molar-refractivity contribution < 1.29 is 0 Å². The van der Waals surface area contributed by atoms with Crippen LogP contribution in [0.3, 0.4) is 0 Å². The summed E-state index contributed by atoms with van der Waals surface area (Å²) in [5.41, 5.74) is 21.4. The van der Waals surface area contributed by atoms with Gasteiger partial charge >= 0.3 is 0 Å². The minimum atomic E-state index is 0.145. The maximum absolute atomic E-state index is 3.76. The zero-order valence-corrected chi connectivity index (χ0v) is 31.8. The van der Waals surface area contributed by atoms with Crippen molar-refractivity contribution in [2.75, 3.05) is 4.90 Å². The largest absolute Gasteiger partial charge is 0.310 e. The van der Waals surface area contributed by atoms with Crippen molar-refractivity contribution in [1.82, 2.24) is 0 Å². The Morgan fingerprint density at radius 2 is 1.31 bits per heavy atom. The van der Waals surface area contributed by atoms with Crippen LogP contribution in [0.4, 0.5) is 11.4 Å². The predicted octanol–water partition coefficient (Wildman–Crippen LogP) is 14.4. The van der Waals surface area contributed by atoms with Gasteiger partial charge in [-0.25, -0.2) is 0 Å². The summed E-state index contributed by atoms with van der Waals surface area (Å²) in [6.07, 6.45) is 5.49. The Kier molecular flexibility index (Phi) is 8.29. The number of aryl methyl sites for hydroxylation is 1. The van der Waals surface area contributed by atoms with E-state index in [2.05, 4.69) is 206 Å². The average Bonchev–Trinajstić information content (AvgIpc) is 3.74. The zero-order chi connectivity index (χ0) is 36.9. The van der Waals surface area contributed by atoms with Crippen molar-refractivity contribution in [1.29, 1.82) is 0 Å². The Morgan fingerprint density at radius 1 is 0.582 bits per heavy atom. The van der Waals surface area contributed by atoms with E-state index >= 15 is 0 Å². The molecule has 1 heterocycles. The molecule has 1 nitrogen and oxygen atoms in total. The molecule has 0 fully saturated rings. The van der Waals surface area contributed by atoms with Crippen molar-refractivity contribution >= 4 is 48.5 Å². The molecule has 0 saturated carbocycles. The van der Waals surface area contributed by atoms with Gasteiger partial charge in [0.25, 0.3) is 0 Å². The highest BCUT2D eigenvalue weighted by Gasteiger charge is 2.27. The normalized spacial score (nSPS) is 14.0. The first-order chi connectivity index (χ1) is 27.1. The zero-order valence-electron chi connectivity index (χ0n) is 31.0. The van der Waals surface area contributed by atoms with Crippen LogP contribution in [0, 0.1) is 6.92 Å². The lowest BCUT2D eigenvalue weighted by Gasteiger charge is -2.26. The maximum Gasteiger partial charge on any atom is 0.0541 e. The molecule has 10 rings (SSSR count). The van der Waals surface area contributed by atoms with Crippen LogP contribution in [-0.4, -0.2) is 0 Å². The van der Waals surface area contributed by atoms with Gasteiger partial charge in [0.2, 0.25) is 0 Å². The summed E-state index contributed by atoms with van der Waals surface area (Å²) in [5.74, 6) is 0.145. The molecule has 0 amide bonds. The first-order valence-corrected chi connectivity index (χ1v) is 19.9. The lowest BCUT2D eigenvalue weighted by Crippen LogP contribution is -2.15. The number of thiophene rings is 1. The van der Waals surface area contributed by atoms with Gasteiger partial charge in [-0.05, 0) is 124 Å². The van der Waals surface area contributed by atoms with E-state index in [1.54, 1.807) is 0 Å². The average molecular weight is 722 g/mol. The second-order valence-corrected chi connectivity index (χ2v) is 15.8. The summed E-state index contributed by atoms with van der Waals surface area (Å²) < 4.78 is 2.60. The lowest BCUT2D eigenvalue weighted by atomic mass is 9.83. The highest BCUT2D eigenvalue weighted by molar-refractivity contribution is 7.26. The molecule has 7 aromatic carbocycles. The summed E-state index contributed by atoms with van der Waals surface area (Å²) in [5, 5.41) is 2.60. The van der Waals surface area contributed by atoms with Crippen molar-refractivity contribution in [3.63, 3.8) is 0 Å². The van der Waals surface area contributed by atoms with Gasteiger partial charge in [-0.15, -0.1) is 17.1 Å². The van der Waals surface area contributed by atoms with Crippen molar-refractivity contribution in [2.24, 2.45) is 0 Å². The maximum atomic E-state index is 3.76. The third-order valence-corrected chi connectivity index (χ3v) is 12.3. The van der Waals surface area contributed by atoms with E-state index in [-0.39, 0.29) is 5.92 Å². The molecule has 0 saturated heterocycles. The van der Waals surface area contributed by atoms with Crippen LogP contribution in [0.1, 0.15) is 46.2 Å². The van der Waals surface area contributed by atoms with Crippen molar-refractivity contribution in [3.05, 3.63) is 238 Å². The molecule has 1 aromatic heterocycles. The van der Waals surface area contributed by atoms with E-state index in [1.165, 1.54) is 81.4 Å². The number of benzene rings is 7. The molecule has 1 atom stereocenters. The van der Waals surface area contributed by atoms with E-state index in [1.807, 2.05) is 11.3 Å². The van der Waals surface area contributed by atoms with Gasteiger partial charge in [0.15, 0.2) is 0 Å². The molecule has 0 aliphatic heterocycles. The highest BCUT2D eigenvalue weighted by Crippen LogP contribution is 2.46. The van der Waals surface area contributed by atoms with Gasteiger partial charge in [-0.3, -0.25) is 0 Å². The molecule has 2 aliphatic rings. The molecule has 2 aliphatic carbocycles. The second kappa shape index (κ2) is 13.8. The summed E-state index contributed by atoms with van der Waals surface area (Å²) in [7, 11) is 0. The number of fused-ring (bicyclic) bond motifs is 5.